The topological polar surface area (TPSA) is 0 Å². The maximum atomic E-state index is 2.64. The minimum absolute atomic E-state index is 0.568. The van der Waals surface area contributed by atoms with E-state index in [9.17, 15) is 0 Å². The lowest BCUT2D eigenvalue weighted by Crippen LogP contribution is -2.49. The van der Waals surface area contributed by atoms with Gasteiger partial charge in [0.25, 0.3) is 0 Å². The molecule has 0 bridgehead atoms. The highest BCUT2D eigenvalue weighted by atomic mass is 14.6. The average molecular weight is 256 g/mol. The van der Waals surface area contributed by atoms with Crippen LogP contribution in [0, 0.1) is 34.5 Å². The lowest BCUT2D eigenvalue weighted by atomic mass is 9.48. The molecule has 19 heavy (non-hydrogen) atoms. The first kappa shape index (κ1) is 12.2. The maximum absolute atomic E-state index is 2.64. The van der Waals surface area contributed by atoms with E-state index in [1.807, 2.05) is 0 Å². The fourth-order valence-electron chi connectivity index (χ4n) is 6.21. The SMILES string of the molecule is C[C@@]12CCC[C@H]1[C@@H]1C=CC3C=CCC[C@]3(C)[C@H]1CC2. The maximum Gasteiger partial charge on any atom is 0.000347 e. The summed E-state index contributed by atoms with van der Waals surface area (Å²) in [6.45, 7) is 5.18. The zero-order valence-electron chi connectivity index (χ0n) is 12.6. The fraction of sp³-hybridized carbons (Fsp3) is 0.789. The Labute approximate surface area is 118 Å². The number of hydrogen-bond acceptors (Lipinski definition) is 0. The minimum Gasteiger partial charge on any atom is -0.0879 e. The van der Waals surface area contributed by atoms with E-state index < -0.39 is 0 Å². The third-order valence-corrected chi connectivity index (χ3v) is 7.46. The van der Waals surface area contributed by atoms with E-state index in [0.717, 1.165) is 23.7 Å². The molecule has 0 amide bonds. The van der Waals surface area contributed by atoms with Crippen molar-refractivity contribution in [2.24, 2.45) is 34.5 Å². The van der Waals surface area contributed by atoms with Crippen LogP contribution in [-0.4, -0.2) is 0 Å². The zero-order chi connectivity index (χ0) is 13.1. The second kappa shape index (κ2) is 3.99. The smallest absolute Gasteiger partial charge is 0.000347 e. The van der Waals surface area contributed by atoms with E-state index >= 15 is 0 Å². The van der Waals surface area contributed by atoms with Gasteiger partial charge in [-0.15, -0.1) is 0 Å². The summed E-state index contributed by atoms with van der Waals surface area (Å²) in [5.74, 6) is 3.58. The van der Waals surface area contributed by atoms with E-state index in [2.05, 4.69) is 38.2 Å². The zero-order valence-corrected chi connectivity index (χ0v) is 12.6. The van der Waals surface area contributed by atoms with Crippen molar-refractivity contribution in [1.82, 2.24) is 0 Å². The van der Waals surface area contributed by atoms with Crippen molar-refractivity contribution in [3.8, 4) is 0 Å². The third-order valence-electron chi connectivity index (χ3n) is 7.46. The molecule has 2 saturated carbocycles. The van der Waals surface area contributed by atoms with Gasteiger partial charge in [0, 0.05) is 5.92 Å². The number of rotatable bonds is 0. The summed E-state index contributed by atoms with van der Waals surface area (Å²) >= 11 is 0. The monoisotopic (exact) mass is 256 g/mol. The quantitative estimate of drug-likeness (QED) is 0.512. The van der Waals surface area contributed by atoms with E-state index in [1.54, 1.807) is 0 Å². The molecule has 0 N–H and O–H groups in total. The highest BCUT2D eigenvalue weighted by Crippen LogP contribution is 2.63. The molecule has 104 valence electrons. The Hall–Kier alpha value is -0.520. The molecular formula is C19H28. The number of allylic oxidation sites excluding steroid dienone is 4. The summed E-state index contributed by atoms with van der Waals surface area (Å²) in [6, 6.07) is 0. The van der Waals surface area contributed by atoms with Crippen molar-refractivity contribution in [3.05, 3.63) is 24.3 Å². The summed E-state index contributed by atoms with van der Waals surface area (Å²) < 4.78 is 0. The largest absolute Gasteiger partial charge is 0.0879 e. The molecule has 0 aliphatic heterocycles. The predicted molar refractivity (Wildman–Crippen MR) is 80.8 cm³/mol. The Balaban J connectivity index is 1.73. The highest BCUT2D eigenvalue weighted by molar-refractivity contribution is 5.21. The standard InChI is InChI=1S/C19H28/c1-18-11-5-7-16(18)15-9-8-14-6-3-4-12-19(14,2)17(15)10-13-18/h3,6,8-9,14-17H,4-5,7,10-13H2,1-2H3/t14?,15-,16-,17-,18-,19-/m0/s1. The molecule has 2 fully saturated rings. The van der Waals surface area contributed by atoms with Crippen LogP contribution in [0.2, 0.25) is 0 Å². The first-order chi connectivity index (χ1) is 9.13. The predicted octanol–water partition coefficient (Wildman–Crippen LogP) is 5.36. The van der Waals surface area contributed by atoms with Crippen LogP contribution >= 0.6 is 0 Å². The average Bonchev–Trinajstić information content (AvgIpc) is 2.79. The van der Waals surface area contributed by atoms with Gasteiger partial charge in [-0.3, -0.25) is 0 Å². The number of hydrogen-bond donors (Lipinski definition) is 0. The van der Waals surface area contributed by atoms with Crippen molar-refractivity contribution in [2.75, 3.05) is 0 Å². The van der Waals surface area contributed by atoms with Crippen LogP contribution in [0.1, 0.15) is 58.8 Å². The lowest BCUT2D eigenvalue weighted by Gasteiger charge is -2.56. The molecule has 0 saturated heterocycles. The number of fused-ring (bicyclic) bond motifs is 5. The van der Waals surface area contributed by atoms with Gasteiger partial charge in [-0.25, -0.2) is 0 Å². The van der Waals surface area contributed by atoms with Gasteiger partial charge in [0.15, 0.2) is 0 Å². The van der Waals surface area contributed by atoms with Crippen molar-refractivity contribution in [2.45, 2.75) is 58.8 Å². The van der Waals surface area contributed by atoms with Gasteiger partial charge in [0.05, 0.1) is 0 Å². The summed E-state index contributed by atoms with van der Waals surface area (Å²) in [5, 5.41) is 0. The molecule has 1 unspecified atom stereocenters. The summed E-state index contributed by atoms with van der Waals surface area (Å²) in [7, 11) is 0. The Morgan fingerprint density at radius 1 is 0.895 bits per heavy atom. The third kappa shape index (κ3) is 1.58. The molecule has 0 heteroatoms. The minimum atomic E-state index is 0.568. The molecule has 4 rings (SSSR count). The molecule has 0 aromatic heterocycles. The normalized spacial score (nSPS) is 55.5. The van der Waals surface area contributed by atoms with Gasteiger partial charge >= 0.3 is 0 Å². The van der Waals surface area contributed by atoms with E-state index in [4.69, 9.17) is 0 Å². The van der Waals surface area contributed by atoms with E-state index in [-0.39, 0.29) is 0 Å². The van der Waals surface area contributed by atoms with Crippen molar-refractivity contribution >= 4 is 0 Å². The van der Waals surface area contributed by atoms with Gasteiger partial charge in [0.2, 0.25) is 0 Å². The Morgan fingerprint density at radius 2 is 1.79 bits per heavy atom. The van der Waals surface area contributed by atoms with Crippen LogP contribution in [-0.2, 0) is 0 Å². The van der Waals surface area contributed by atoms with Gasteiger partial charge in [-0.1, -0.05) is 44.6 Å². The van der Waals surface area contributed by atoms with Gasteiger partial charge in [-0.05, 0) is 67.1 Å². The summed E-state index contributed by atoms with van der Waals surface area (Å²) in [6.07, 6.45) is 20.3. The molecule has 0 aromatic rings. The second-order valence-electron chi connectivity index (χ2n) is 8.26. The van der Waals surface area contributed by atoms with E-state index in [1.165, 1.54) is 44.9 Å². The van der Waals surface area contributed by atoms with E-state index in [0.29, 0.717) is 10.8 Å². The molecule has 0 heterocycles. The Morgan fingerprint density at radius 3 is 2.68 bits per heavy atom. The summed E-state index contributed by atoms with van der Waals surface area (Å²) in [4.78, 5) is 0. The van der Waals surface area contributed by atoms with Crippen LogP contribution in [0.15, 0.2) is 24.3 Å². The van der Waals surface area contributed by atoms with Crippen molar-refractivity contribution in [1.29, 1.82) is 0 Å². The van der Waals surface area contributed by atoms with Crippen LogP contribution in [0.3, 0.4) is 0 Å². The molecule has 0 radical (unpaired) electrons. The summed E-state index contributed by atoms with van der Waals surface area (Å²) in [5.41, 5.74) is 1.25. The molecular weight excluding hydrogens is 228 g/mol. The van der Waals surface area contributed by atoms with Crippen LogP contribution in [0.5, 0.6) is 0 Å². The molecule has 0 nitrogen and oxygen atoms in total. The van der Waals surface area contributed by atoms with Crippen molar-refractivity contribution < 1.29 is 0 Å². The first-order valence-corrected chi connectivity index (χ1v) is 8.48. The lowest BCUT2D eigenvalue weighted by molar-refractivity contribution is -0.0271. The first-order valence-electron chi connectivity index (χ1n) is 8.48. The van der Waals surface area contributed by atoms with Crippen LogP contribution < -0.4 is 0 Å². The Kier molecular flexibility index (Phi) is 2.57. The van der Waals surface area contributed by atoms with Crippen LogP contribution in [0.4, 0.5) is 0 Å². The van der Waals surface area contributed by atoms with Gasteiger partial charge < -0.3 is 0 Å². The molecule has 4 aliphatic carbocycles. The van der Waals surface area contributed by atoms with Gasteiger partial charge in [-0.2, -0.15) is 0 Å². The second-order valence-corrected chi connectivity index (χ2v) is 8.26. The fourth-order valence-corrected chi connectivity index (χ4v) is 6.21. The van der Waals surface area contributed by atoms with Crippen LogP contribution in [0.25, 0.3) is 0 Å². The molecule has 4 aliphatic rings. The van der Waals surface area contributed by atoms with Gasteiger partial charge in [0.1, 0.15) is 0 Å². The molecule has 0 aromatic carbocycles. The van der Waals surface area contributed by atoms with Crippen molar-refractivity contribution in [3.63, 3.8) is 0 Å². The Bertz CT molecular complexity index is 431. The highest BCUT2D eigenvalue weighted by Gasteiger charge is 2.55. The molecule has 6 atom stereocenters. The molecule has 0 spiro atoms.